The molecule has 0 saturated heterocycles. The zero-order valence-corrected chi connectivity index (χ0v) is 11.1. The van der Waals surface area contributed by atoms with Crippen molar-refractivity contribution >= 4 is 28.6 Å². The number of carboxylic acid groups (broad SMARTS) is 1. The molecule has 0 radical (unpaired) electrons. The van der Waals surface area contributed by atoms with Crippen molar-refractivity contribution in [3.63, 3.8) is 0 Å². The number of fused-ring (bicyclic) bond motifs is 1. The molecule has 0 aliphatic carbocycles. The van der Waals surface area contributed by atoms with Gasteiger partial charge in [-0.15, -0.1) is 0 Å². The molecule has 1 atom stereocenters. The summed E-state index contributed by atoms with van der Waals surface area (Å²) in [6.07, 6.45) is -0.531. The summed E-state index contributed by atoms with van der Waals surface area (Å²) in [7, 11) is 0. The molecule has 0 aliphatic heterocycles. The SMILES string of the molecule is N[C@@H](CC(=O)O)C(=O)NC(=O)c1ccc2ccccc2c1. The zero-order chi connectivity index (χ0) is 15.4. The van der Waals surface area contributed by atoms with Gasteiger partial charge in [0.1, 0.15) is 0 Å². The van der Waals surface area contributed by atoms with E-state index >= 15 is 0 Å². The number of nitrogens with one attached hydrogen (secondary N) is 1. The fraction of sp³-hybridized carbons (Fsp3) is 0.133. The second-order valence-electron chi connectivity index (χ2n) is 4.58. The fourth-order valence-corrected chi connectivity index (χ4v) is 1.89. The fourth-order valence-electron chi connectivity index (χ4n) is 1.89. The standard InChI is InChI=1S/C15H14N2O4/c16-12(8-13(18)19)15(21)17-14(20)11-6-5-9-3-1-2-4-10(9)7-11/h1-7,12H,8,16H2,(H,18,19)(H,17,20,21)/t12-/m0/s1. The topological polar surface area (TPSA) is 109 Å². The van der Waals surface area contributed by atoms with Gasteiger partial charge in [-0.3, -0.25) is 19.7 Å². The van der Waals surface area contributed by atoms with E-state index in [2.05, 4.69) is 5.32 Å². The average Bonchev–Trinajstić information content (AvgIpc) is 2.45. The molecule has 6 nitrogen and oxygen atoms in total. The first kappa shape index (κ1) is 14.7. The number of hydrogen-bond donors (Lipinski definition) is 3. The van der Waals surface area contributed by atoms with Crippen LogP contribution in [0.4, 0.5) is 0 Å². The third-order valence-electron chi connectivity index (χ3n) is 2.98. The van der Waals surface area contributed by atoms with E-state index in [1.807, 2.05) is 24.3 Å². The van der Waals surface area contributed by atoms with Crippen molar-refractivity contribution in [2.75, 3.05) is 0 Å². The van der Waals surface area contributed by atoms with Gasteiger partial charge in [-0.2, -0.15) is 0 Å². The van der Waals surface area contributed by atoms with Gasteiger partial charge >= 0.3 is 5.97 Å². The molecule has 0 unspecified atom stereocenters. The van der Waals surface area contributed by atoms with Gasteiger partial charge in [0, 0.05) is 5.56 Å². The van der Waals surface area contributed by atoms with Crippen LogP contribution in [0.5, 0.6) is 0 Å². The van der Waals surface area contributed by atoms with Crippen LogP contribution in [0, 0.1) is 0 Å². The maximum Gasteiger partial charge on any atom is 0.305 e. The van der Waals surface area contributed by atoms with Gasteiger partial charge in [0.05, 0.1) is 12.5 Å². The summed E-state index contributed by atoms with van der Waals surface area (Å²) < 4.78 is 0. The molecule has 0 spiro atoms. The average molecular weight is 286 g/mol. The first-order chi connectivity index (χ1) is 9.97. The monoisotopic (exact) mass is 286 g/mol. The number of benzene rings is 2. The lowest BCUT2D eigenvalue weighted by Gasteiger charge is -2.09. The lowest BCUT2D eigenvalue weighted by Crippen LogP contribution is -2.44. The van der Waals surface area contributed by atoms with Gasteiger partial charge in [-0.05, 0) is 22.9 Å². The van der Waals surface area contributed by atoms with Crippen LogP contribution in [0.3, 0.4) is 0 Å². The van der Waals surface area contributed by atoms with Crippen molar-refractivity contribution in [3.05, 3.63) is 48.0 Å². The lowest BCUT2D eigenvalue weighted by atomic mass is 10.1. The highest BCUT2D eigenvalue weighted by Crippen LogP contribution is 2.15. The molecule has 4 N–H and O–H groups in total. The van der Waals surface area contributed by atoms with Crippen molar-refractivity contribution in [3.8, 4) is 0 Å². The van der Waals surface area contributed by atoms with Gasteiger partial charge in [-0.1, -0.05) is 30.3 Å². The Morgan fingerprint density at radius 1 is 1.10 bits per heavy atom. The maximum absolute atomic E-state index is 12.0. The summed E-state index contributed by atoms with van der Waals surface area (Å²) >= 11 is 0. The van der Waals surface area contributed by atoms with E-state index in [0.717, 1.165) is 10.8 Å². The number of imide groups is 1. The minimum atomic E-state index is -1.26. The Balaban J connectivity index is 2.11. The molecule has 2 aromatic carbocycles. The van der Waals surface area contributed by atoms with Crippen LogP contribution in [0.15, 0.2) is 42.5 Å². The number of hydrogen-bond acceptors (Lipinski definition) is 4. The van der Waals surface area contributed by atoms with Crippen LogP contribution in [0.25, 0.3) is 10.8 Å². The molecule has 0 heterocycles. The molecular formula is C15H14N2O4. The zero-order valence-electron chi connectivity index (χ0n) is 11.1. The molecule has 0 fully saturated rings. The van der Waals surface area contributed by atoms with E-state index in [1.54, 1.807) is 18.2 Å². The molecule has 6 heteroatoms. The Morgan fingerprint density at radius 2 is 1.76 bits per heavy atom. The first-order valence-electron chi connectivity index (χ1n) is 6.29. The third-order valence-corrected chi connectivity index (χ3v) is 2.98. The maximum atomic E-state index is 12.0. The molecular weight excluding hydrogens is 272 g/mol. The molecule has 0 saturated carbocycles. The van der Waals surface area contributed by atoms with Gasteiger partial charge < -0.3 is 10.8 Å². The van der Waals surface area contributed by atoms with Crippen molar-refractivity contribution in [2.45, 2.75) is 12.5 Å². The van der Waals surface area contributed by atoms with Gasteiger partial charge in [0.15, 0.2) is 0 Å². The minimum Gasteiger partial charge on any atom is -0.481 e. The van der Waals surface area contributed by atoms with E-state index in [4.69, 9.17) is 10.8 Å². The van der Waals surface area contributed by atoms with Gasteiger partial charge in [0.2, 0.25) is 5.91 Å². The smallest absolute Gasteiger partial charge is 0.305 e. The third kappa shape index (κ3) is 3.64. The Bertz CT molecular complexity index is 712. The highest BCUT2D eigenvalue weighted by molar-refractivity contribution is 6.08. The second-order valence-corrected chi connectivity index (χ2v) is 4.58. The molecule has 2 aromatic rings. The molecule has 0 aliphatic rings. The Morgan fingerprint density at radius 3 is 2.43 bits per heavy atom. The Kier molecular flexibility index (Phi) is 4.30. The minimum absolute atomic E-state index is 0.310. The van der Waals surface area contributed by atoms with Crippen LogP contribution in [0.1, 0.15) is 16.8 Å². The summed E-state index contributed by atoms with van der Waals surface area (Å²) in [6.45, 7) is 0. The Hall–Kier alpha value is -2.73. The summed E-state index contributed by atoms with van der Waals surface area (Å²) in [5, 5.41) is 12.5. The molecule has 0 bridgehead atoms. The van der Waals surface area contributed by atoms with Crippen LogP contribution in [-0.2, 0) is 9.59 Å². The van der Waals surface area contributed by atoms with Gasteiger partial charge in [0.25, 0.3) is 5.91 Å². The number of carbonyl (C=O) groups excluding carboxylic acids is 2. The number of nitrogens with two attached hydrogens (primary N) is 1. The normalized spacial score (nSPS) is 11.9. The highest BCUT2D eigenvalue weighted by atomic mass is 16.4. The predicted molar refractivity (Wildman–Crippen MR) is 76.6 cm³/mol. The van der Waals surface area contributed by atoms with Crippen LogP contribution in [0.2, 0.25) is 0 Å². The first-order valence-corrected chi connectivity index (χ1v) is 6.29. The summed E-state index contributed by atoms with van der Waals surface area (Å²) in [5.74, 6) is -2.61. The van der Waals surface area contributed by atoms with Crippen molar-refractivity contribution in [1.29, 1.82) is 0 Å². The van der Waals surface area contributed by atoms with Gasteiger partial charge in [-0.25, -0.2) is 0 Å². The predicted octanol–water partition coefficient (Wildman–Crippen LogP) is 0.898. The second kappa shape index (κ2) is 6.15. The summed E-state index contributed by atoms with van der Waals surface area (Å²) in [5.41, 5.74) is 5.70. The van der Waals surface area contributed by atoms with E-state index in [9.17, 15) is 14.4 Å². The van der Waals surface area contributed by atoms with Crippen molar-refractivity contribution in [1.82, 2.24) is 5.32 Å². The van der Waals surface area contributed by atoms with E-state index in [1.165, 1.54) is 0 Å². The van der Waals surface area contributed by atoms with Crippen LogP contribution >= 0.6 is 0 Å². The molecule has 2 amide bonds. The van der Waals surface area contributed by atoms with Crippen molar-refractivity contribution in [2.24, 2.45) is 5.73 Å². The number of carbonyl (C=O) groups is 3. The lowest BCUT2D eigenvalue weighted by molar-refractivity contribution is -0.139. The van der Waals surface area contributed by atoms with E-state index in [0.29, 0.717) is 5.56 Å². The number of aliphatic carboxylic acids is 1. The number of rotatable bonds is 4. The largest absolute Gasteiger partial charge is 0.481 e. The summed E-state index contributed by atoms with van der Waals surface area (Å²) in [6, 6.07) is 11.2. The van der Waals surface area contributed by atoms with Crippen LogP contribution in [-0.4, -0.2) is 28.9 Å². The quantitative estimate of drug-likeness (QED) is 0.773. The molecule has 2 rings (SSSR count). The molecule has 108 valence electrons. The molecule has 21 heavy (non-hydrogen) atoms. The van der Waals surface area contributed by atoms with Crippen LogP contribution < -0.4 is 11.1 Å². The van der Waals surface area contributed by atoms with E-state index in [-0.39, 0.29) is 0 Å². The molecule has 0 aromatic heterocycles. The van der Waals surface area contributed by atoms with E-state index < -0.39 is 30.2 Å². The number of carboxylic acids is 1. The van der Waals surface area contributed by atoms with Crippen molar-refractivity contribution < 1.29 is 19.5 Å². The summed E-state index contributed by atoms with van der Waals surface area (Å²) in [4.78, 5) is 34.0. The number of amides is 2. The Labute approximate surface area is 120 Å². The highest BCUT2D eigenvalue weighted by Gasteiger charge is 2.19.